The van der Waals surface area contributed by atoms with Gasteiger partial charge in [-0.1, -0.05) is 42.1 Å². The van der Waals surface area contributed by atoms with Crippen molar-refractivity contribution >= 4 is 29.4 Å². The third-order valence-corrected chi connectivity index (χ3v) is 6.67. The summed E-state index contributed by atoms with van der Waals surface area (Å²) in [6, 6.07) is 9.69. The molecule has 1 aliphatic rings. The lowest BCUT2D eigenvalue weighted by Gasteiger charge is -2.30. The zero-order valence-electron chi connectivity index (χ0n) is 17.6. The molecule has 1 fully saturated rings. The molecule has 0 aliphatic carbocycles. The fourth-order valence-electron chi connectivity index (χ4n) is 3.92. The molecule has 2 aromatic heterocycles. The summed E-state index contributed by atoms with van der Waals surface area (Å²) in [6.07, 6.45) is 3.09. The minimum Gasteiger partial charge on any atom is -0.481 e. The molecular formula is C22H25N5O3S. The Morgan fingerprint density at radius 3 is 2.48 bits per heavy atom. The van der Waals surface area contributed by atoms with Crippen LogP contribution in [0.5, 0.6) is 0 Å². The van der Waals surface area contributed by atoms with Crippen LogP contribution in [0, 0.1) is 13.8 Å². The average Bonchev–Trinajstić information content (AvgIpc) is 3.18. The van der Waals surface area contributed by atoms with Gasteiger partial charge in [0, 0.05) is 30.0 Å². The van der Waals surface area contributed by atoms with Crippen molar-refractivity contribution in [3.63, 3.8) is 0 Å². The van der Waals surface area contributed by atoms with E-state index in [9.17, 15) is 14.7 Å². The molecule has 1 saturated heterocycles. The topological polar surface area (TPSA) is 101 Å². The number of nitrogens with zero attached hydrogens (tertiary/aromatic N) is 5. The lowest BCUT2D eigenvalue weighted by Crippen LogP contribution is -2.38. The lowest BCUT2D eigenvalue weighted by atomic mass is 10.1. The van der Waals surface area contributed by atoms with Gasteiger partial charge < -0.3 is 10.0 Å². The predicted molar refractivity (Wildman–Crippen MR) is 117 cm³/mol. The number of piperidine rings is 1. The molecular weight excluding hydrogens is 414 g/mol. The van der Waals surface area contributed by atoms with E-state index < -0.39 is 11.2 Å². The number of thioether (sulfide) groups is 1. The van der Waals surface area contributed by atoms with Crippen LogP contribution in [0.1, 0.15) is 47.0 Å². The molecule has 3 heterocycles. The average molecular weight is 440 g/mol. The van der Waals surface area contributed by atoms with E-state index in [4.69, 9.17) is 0 Å². The Bertz CT molecular complexity index is 1110. The summed E-state index contributed by atoms with van der Waals surface area (Å²) in [5.74, 6) is -0.440. The molecule has 0 spiro atoms. The standard InChI is InChI=1S/C22H25N5O3S/c1-14-17(13-18(28)29)15(2)27-21(23-14)24-22(25-27)31-19(16-9-5-3-6-10-16)20(30)26-11-7-4-8-12-26/h3,5-6,9-10,19H,4,7-8,11-13H2,1-2H3,(H,28,29). The summed E-state index contributed by atoms with van der Waals surface area (Å²) in [5, 5.41) is 13.8. The molecule has 31 heavy (non-hydrogen) atoms. The first kappa shape index (κ1) is 21.3. The second-order valence-electron chi connectivity index (χ2n) is 7.73. The highest BCUT2D eigenvalue weighted by Crippen LogP contribution is 2.36. The number of aryl methyl sites for hydroxylation is 2. The third-order valence-electron chi connectivity index (χ3n) is 5.58. The number of amides is 1. The van der Waals surface area contributed by atoms with E-state index in [0.29, 0.717) is 27.9 Å². The number of aliphatic carboxylic acids is 1. The van der Waals surface area contributed by atoms with Crippen LogP contribution in [0.25, 0.3) is 5.78 Å². The lowest BCUT2D eigenvalue weighted by molar-refractivity contribution is -0.136. The van der Waals surface area contributed by atoms with Crippen molar-refractivity contribution in [2.45, 2.75) is 49.9 Å². The van der Waals surface area contributed by atoms with E-state index in [1.54, 1.807) is 11.4 Å². The Morgan fingerprint density at radius 1 is 1.10 bits per heavy atom. The Labute approximate surface area is 184 Å². The number of carboxylic acids is 1. The SMILES string of the molecule is Cc1nc2nc(SC(C(=O)N3CCCCC3)c3ccccc3)nn2c(C)c1CC(=O)O. The first-order valence-electron chi connectivity index (χ1n) is 10.4. The van der Waals surface area contributed by atoms with Gasteiger partial charge in [0.15, 0.2) is 0 Å². The fraction of sp³-hybridized carbons (Fsp3) is 0.409. The first-order valence-corrected chi connectivity index (χ1v) is 11.3. The Kier molecular flexibility index (Phi) is 6.22. The maximum Gasteiger partial charge on any atom is 0.307 e. The van der Waals surface area contributed by atoms with Crippen LogP contribution in [-0.4, -0.2) is 54.6 Å². The van der Waals surface area contributed by atoms with Crippen molar-refractivity contribution in [1.82, 2.24) is 24.5 Å². The molecule has 162 valence electrons. The minimum atomic E-state index is -0.918. The van der Waals surface area contributed by atoms with Crippen LogP contribution in [0.4, 0.5) is 0 Å². The summed E-state index contributed by atoms with van der Waals surface area (Å²) in [6.45, 7) is 5.15. The zero-order valence-corrected chi connectivity index (χ0v) is 18.4. The maximum atomic E-state index is 13.4. The number of likely N-dealkylation sites (tertiary alicyclic amines) is 1. The number of aromatic nitrogens is 4. The number of rotatable bonds is 6. The Hall–Kier alpha value is -2.94. The molecule has 1 amide bonds. The van der Waals surface area contributed by atoms with E-state index in [1.807, 2.05) is 42.2 Å². The predicted octanol–water partition coefficient (Wildman–Crippen LogP) is 3.21. The molecule has 4 rings (SSSR count). The van der Waals surface area contributed by atoms with Gasteiger partial charge in [-0.25, -0.2) is 9.50 Å². The summed E-state index contributed by atoms with van der Waals surface area (Å²) in [7, 11) is 0. The molecule has 3 aromatic rings. The van der Waals surface area contributed by atoms with Gasteiger partial charge in [-0.15, -0.1) is 5.10 Å². The van der Waals surface area contributed by atoms with Crippen LogP contribution in [0.2, 0.25) is 0 Å². The van der Waals surface area contributed by atoms with Gasteiger partial charge >= 0.3 is 5.97 Å². The monoisotopic (exact) mass is 439 g/mol. The molecule has 1 unspecified atom stereocenters. The molecule has 0 radical (unpaired) electrons. The molecule has 8 nitrogen and oxygen atoms in total. The number of carboxylic acid groups (broad SMARTS) is 1. The fourth-order valence-corrected chi connectivity index (χ4v) is 4.94. The van der Waals surface area contributed by atoms with Crippen LogP contribution >= 0.6 is 11.8 Å². The van der Waals surface area contributed by atoms with Crippen LogP contribution < -0.4 is 0 Å². The maximum absolute atomic E-state index is 13.4. The van der Waals surface area contributed by atoms with Crippen molar-refractivity contribution in [2.75, 3.05) is 13.1 Å². The van der Waals surface area contributed by atoms with E-state index in [-0.39, 0.29) is 12.3 Å². The summed E-state index contributed by atoms with van der Waals surface area (Å²) in [4.78, 5) is 35.5. The number of benzene rings is 1. The Morgan fingerprint density at radius 2 is 1.81 bits per heavy atom. The van der Waals surface area contributed by atoms with Gasteiger partial charge in [0.1, 0.15) is 5.25 Å². The highest BCUT2D eigenvalue weighted by Gasteiger charge is 2.29. The highest BCUT2D eigenvalue weighted by atomic mass is 32.2. The molecule has 9 heteroatoms. The van der Waals surface area contributed by atoms with E-state index >= 15 is 0 Å². The molecule has 1 atom stereocenters. The van der Waals surface area contributed by atoms with Gasteiger partial charge in [0.05, 0.1) is 6.42 Å². The molecule has 1 aromatic carbocycles. The number of hydrogen-bond donors (Lipinski definition) is 1. The molecule has 1 N–H and O–H groups in total. The van der Waals surface area contributed by atoms with Gasteiger partial charge in [0.25, 0.3) is 5.78 Å². The van der Waals surface area contributed by atoms with Crippen LogP contribution in [0.3, 0.4) is 0 Å². The zero-order chi connectivity index (χ0) is 22.0. The third kappa shape index (κ3) is 4.56. The van der Waals surface area contributed by atoms with Crippen molar-refractivity contribution in [3.05, 3.63) is 52.8 Å². The second-order valence-corrected chi connectivity index (χ2v) is 8.80. The molecule has 0 bridgehead atoms. The van der Waals surface area contributed by atoms with Crippen molar-refractivity contribution in [3.8, 4) is 0 Å². The first-order chi connectivity index (χ1) is 14.9. The molecule has 0 saturated carbocycles. The van der Waals surface area contributed by atoms with Crippen LogP contribution in [-0.2, 0) is 16.0 Å². The highest BCUT2D eigenvalue weighted by molar-refractivity contribution is 8.00. The smallest absolute Gasteiger partial charge is 0.307 e. The van der Waals surface area contributed by atoms with E-state index in [2.05, 4.69) is 15.1 Å². The largest absolute Gasteiger partial charge is 0.481 e. The minimum absolute atomic E-state index is 0.0715. The number of fused-ring (bicyclic) bond motifs is 1. The van der Waals surface area contributed by atoms with Gasteiger partial charge in [-0.2, -0.15) is 4.98 Å². The molecule has 1 aliphatic heterocycles. The van der Waals surface area contributed by atoms with Gasteiger partial charge in [-0.05, 0) is 38.7 Å². The van der Waals surface area contributed by atoms with Crippen LogP contribution in [0.15, 0.2) is 35.5 Å². The normalized spacial score (nSPS) is 15.2. The summed E-state index contributed by atoms with van der Waals surface area (Å²) < 4.78 is 1.57. The van der Waals surface area contributed by atoms with E-state index in [0.717, 1.165) is 37.9 Å². The summed E-state index contributed by atoms with van der Waals surface area (Å²) >= 11 is 1.31. The second kappa shape index (κ2) is 9.05. The van der Waals surface area contributed by atoms with Gasteiger partial charge in [0.2, 0.25) is 11.1 Å². The van der Waals surface area contributed by atoms with E-state index in [1.165, 1.54) is 11.8 Å². The van der Waals surface area contributed by atoms with Crippen molar-refractivity contribution in [2.24, 2.45) is 0 Å². The number of carbonyl (C=O) groups excluding carboxylic acids is 1. The Balaban J connectivity index is 1.68. The van der Waals surface area contributed by atoms with Gasteiger partial charge in [-0.3, -0.25) is 9.59 Å². The van der Waals surface area contributed by atoms with Crippen molar-refractivity contribution in [1.29, 1.82) is 0 Å². The van der Waals surface area contributed by atoms with Crippen molar-refractivity contribution < 1.29 is 14.7 Å². The number of hydrogen-bond acceptors (Lipinski definition) is 6. The summed E-state index contributed by atoms with van der Waals surface area (Å²) in [5.41, 5.74) is 2.86. The quantitative estimate of drug-likeness (QED) is 0.589. The number of carbonyl (C=O) groups is 2.